The molecule has 4 heteroatoms. The Morgan fingerprint density at radius 2 is 1.96 bits per heavy atom. The lowest BCUT2D eigenvalue weighted by atomic mass is 10.1. The van der Waals surface area contributed by atoms with Gasteiger partial charge in [-0.3, -0.25) is 4.79 Å². The van der Waals surface area contributed by atoms with Crippen LogP contribution in [0.3, 0.4) is 0 Å². The third-order valence-electron chi connectivity index (χ3n) is 3.59. The van der Waals surface area contributed by atoms with Crippen LogP contribution in [0.1, 0.15) is 5.56 Å². The first-order chi connectivity index (χ1) is 12.3. The number of rotatable bonds is 5. The number of nitrogens with one attached hydrogen (secondary N) is 1. The van der Waals surface area contributed by atoms with Crippen molar-refractivity contribution in [2.75, 3.05) is 7.11 Å². The van der Waals surface area contributed by atoms with E-state index in [2.05, 4.69) is 22.0 Å². The number of benzene rings is 2. The zero-order valence-corrected chi connectivity index (χ0v) is 13.7. The summed E-state index contributed by atoms with van der Waals surface area (Å²) in [6.45, 7) is 0. The van der Waals surface area contributed by atoms with Gasteiger partial charge in [-0.25, -0.2) is 5.43 Å². The maximum Gasteiger partial charge on any atom is 0.264 e. The molecule has 0 atom stereocenters. The minimum atomic E-state index is -0.303. The molecule has 1 N–H and O–H groups in total. The van der Waals surface area contributed by atoms with Gasteiger partial charge in [-0.05, 0) is 41.1 Å². The summed E-state index contributed by atoms with van der Waals surface area (Å²) in [5.74, 6) is 0.471. The number of nitrogens with zero attached hydrogens (tertiary/aromatic N) is 1. The molecule has 0 spiro atoms. The molecular formula is C21H16N2O2. The molecule has 1 aliphatic rings. The predicted molar refractivity (Wildman–Crippen MR) is 99.3 cm³/mol. The number of allylic oxidation sites excluding steroid dienone is 1. The highest BCUT2D eigenvalue weighted by molar-refractivity contribution is 6.07. The van der Waals surface area contributed by atoms with Crippen molar-refractivity contribution < 1.29 is 9.53 Å². The van der Waals surface area contributed by atoms with Crippen LogP contribution in [0.4, 0.5) is 0 Å². The first-order valence-corrected chi connectivity index (χ1v) is 7.72. The van der Waals surface area contributed by atoms with Crippen LogP contribution in [0.25, 0.3) is 17.4 Å². The number of hydrogen-bond acceptors (Lipinski definition) is 3. The number of hydrazone groups is 1. The summed E-state index contributed by atoms with van der Waals surface area (Å²) in [6, 6.07) is 15.2. The quantitative estimate of drug-likeness (QED) is 0.394. The molecule has 0 bridgehead atoms. The second kappa shape index (κ2) is 7.80. The Kier molecular flexibility index (Phi) is 5.08. The van der Waals surface area contributed by atoms with Crippen molar-refractivity contribution in [2.24, 2.45) is 5.10 Å². The molecule has 0 aliphatic heterocycles. The van der Waals surface area contributed by atoms with Gasteiger partial charge in [-0.1, -0.05) is 41.8 Å². The fourth-order valence-corrected chi connectivity index (χ4v) is 2.31. The van der Waals surface area contributed by atoms with Crippen LogP contribution in [0.15, 0.2) is 71.5 Å². The fourth-order valence-electron chi connectivity index (χ4n) is 2.31. The van der Waals surface area contributed by atoms with E-state index < -0.39 is 0 Å². The maximum atomic E-state index is 11.8. The average molecular weight is 328 g/mol. The summed E-state index contributed by atoms with van der Waals surface area (Å²) < 4.78 is 5.09. The molecule has 0 saturated heterocycles. The molecule has 3 rings (SSSR count). The number of hydrogen-bond donors (Lipinski definition) is 1. The van der Waals surface area contributed by atoms with Crippen molar-refractivity contribution in [2.45, 2.75) is 0 Å². The van der Waals surface area contributed by atoms with Crippen LogP contribution >= 0.6 is 0 Å². The zero-order chi connectivity index (χ0) is 17.5. The van der Waals surface area contributed by atoms with Gasteiger partial charge >= 0.3 is 0 Å². The average Bonchev–Trinajstić information content (AvgIpc) is 2.67. The molecule has 0 aromatic heterocycles. The number of methoxy groups -OCH3 is 1. The Morgan fingerprint density at radius 1 is 1.16 bits per heavy atom. The Labute approximate surface area is 145 Å². The van der Waals surface area contributed by atoms with E-state index in [-0.39, 0.29) is 5.91 Å². The number of fused-ring (bicyclic) bond motifs is 1. The van der Waals surface area contributed by atoms with Crippen molar-refractivity contribution in [3.05, 3.63) is 82.4 Å². The van der Waals surface area contributed by atoms with E-state index >= 15 is 0 Å². The summed E-state index contributed by atoms with van der Waals surface area (Å²) >= 11 is 0. The van der Waals surface area contributed by atoms with Crippen molar-refractivity contribution in [1.29, 1.82) is 0 Å². The number of ether oxygens (including phenoxy) is 1. The molecule has 0 unspecified atom stereocenters. The van der Waals surface area contributed by atoms with E-state index in [1.807, 2.05) is 48.5 Å². The van der Waals surface area contributed by atoms with E-state index in [0.29, 0.717) is 0 Å². The normalized spacial score (nSPS) is 12.3. The monoisotopic (exact) mass is 328 g/mol. The SMILES string of the molecule is COc1ccc(C=CC(=O)NN=CC2=c3ccccc3=C=C=C2)cc1. The Bertz CT molecular complexity index is 1030. The first-order valence-electron chi connectivity index (χ1n) is 7.72. The first kappa shape index (κ1) is 16.3. The van der Waals surface area contributed by atoms with E-state index in [0.717, 1.165) is 27.3 Å². The Hall–Kier alpha value is -3.58. The molecule has 0 fully saturated rings. The van der Waals surface area contributed by atoms with Crippen LogP contribution in [0, 0.1) is 0 Å². The minimum absolute atomic E-state index is 0.303. The van der Waals surface area contributed by atoms with Gasteiger partial charge in [0.1, 0.15) is 5.75 Å². The van der Waals surface area contributed by atoms with Gasteiger partial charge in [0.2, 0.25) is 0 Å². The van der Waals surface area contributed by atoms with E-state index in [4.69, 9.17) is 4.74 Å². The second-order valence-electron chi connectivity index (χ2n) is 5.26. The van der Waals surface area contributed by atoms with Crippen LogP contribution in [0.2, 0.25) is 0 Å². The summed E-state index contributed by atoms with van der Waals surface area (Å²) in [5, 5.41) is 5.96. The number of carbonyl (C=O) groups excluding carboxylic acids is 1. The van der Waals surface area contributed by atoms with Gasteiger partial charge in [-0.15, -0.1) is 0 Å². The predicted octanol–water partition coefficient (Wildman–Crippen LogP) is 1.77. The highest BCUT2D eigenvalue weighted by atomic mass is 16.5. The van der Waals surface area contributed by atoms with E-state index in [1.54, 1.807) is 25.5 Å². The number of carbonyl (C=O) groups is 1. The molecule has 2 aromatic carbocycles. The highest BCUT2D eigenvalue weighted by Gasteiger charge is 1.97. The summed E-state index contributed by atoms with van der Waals surface area (Å²) in [7, 11) is 1.61. The molecule has 1 aliphatic carbocycles. The zero-order valence-electron chi connectivity index (χ0n) is 13.7. The molecule has 0 saturated carbocycles. The minimum Gasteiger partial charge on any atom is -0.497 e. The van der Waals surface area contributed by atoms with Crippen LogP contribution in [-0.4, -0.2) is 19.2 Å². The van der Waals surface area contributed by atoms with Gasteiger partial charge in [0.25, 0.3) is 5.91 Å². The van der Waals surface area contributed by atoms with Crippen molar-refractivity contribution in [3.8, 4) is 5.75 Å². The van der Waals surface area contributed by atoms with Crippen molar-refractivity contribution in [1.82, 2.24) is 5.43 Å². The van der Waals surface area contributed by atoms with Crippen molar-refractivity contribution in [3.63, 3.8) is 0 Å². The van der Waals surface area contributed by atoms with E-state index in [9.17, 15) is 4.79 Å². The van der Waals surface area contributed by atoms with Crippen LogP contribution in [0.5, 0.6) is 5.75 Å². The van der Waals surface area contributed by atoms with Crippen LogP contribution in [-0.2, 0) is 4.79 Å². The number of amides is 1. The Morgan fingerprint density at radius 3 is 2.76 bits per heavy atom. The molecule has 2 aromatic rings. The molecule has 25 heavy (non-hydrogen) atoms. The van der Waals surface area contributed by atoms with E-state index in [1.165, 1.54) is 6.08 Å². The lowest BCUT2D eigenvalue weighted by molar-refractivity contribution is -0.116. The standard InChI is InChI=1S/C21H16N2O2/c1-25-19-12-9-16(10-13-19)11-14-21(24)23-22-15-18-7-4-6-17-5-2-3-8-20(17)18/h2-3,5,7-15H,1H3,(H,23,24). The third-order valence-corrected chi connectivity index (χ3v) is 3.59. The molecule has 0 heterocycles. The molecule has 0 radical (unpaired) electrons. The maximum absolute atomic E-state index is 11.8. The largest absolute Gasteiger partial charge is 0.497 e. The van der Waals surface area contributed by atoms with Crippen LogP contribution < -0.4 is 20.6 Å². The molecule has 1 amide bonds. The summed E-state index contributed by atoms with van der Waals surface area (Å²) in [5.41, 5.74) is 10.2. The summed E-state index contributed by atoms with van der Waals surface area (Å²) in [4.78, 5) is 11.8. The van der Waals surface area contributed by atoms with Gasteiger partial charge in [0, 0.05) is 16.9 Å². The van der Waals surface area contributed by atoms with Gasteiger partial charge < -0.3 is 4.74 Å². The Balaban J connectivity index is 1.65. The molecule has 122 valence electrons. The molecular weight excluding hydrogens is 312 g/mol. The summed E-state index contributed by atoms with van der Waals surface area (Å²) in [6.07, 6.45) is 6.53. The molecule has 4 nitrogen and oxygen atoms in total. The smallest absolute Gasteiger partial charge is 0.264 e. The second-order valence-corrected chi connectivity index (χ2v) is 5.26. The fraction of sp³-hybridized carbons (Fsp3) is 0.0476. The highest BCUT2D eigenvalue weighted by Crippen LogP contribution is 2.12. The van der Waals surface area contributed by atoms with Gasteiger partial charge in [0.15, 0.2) is 0 Å². The lowest BCUT2D eigenvalue weighted by Gasteiger charge is -1.99. The lowest BCUT2D eigenvalue weighted by Crippen LogP contribution is -2.27. The van der Waals surface area contributed by atoms with Gasteiger partial charge in [0.05, 0.1) is 13.3 Å². The van der Waals surface area contributed by atoms with Gasteiger partial charge in [-0.2, -0.15) is 5.10 Å². The van der Waals surface area contributed by atoms with Crippen molar-refractivity contribution >= 4 is 29.5 Å². The topological polar surface area (TPSA) is 50.7 Å². The third kappa shape index (κ3) is 4.24.